The maximum Gasteiger partial charge on any atom is 0.317 e. The van der Waals surface area contributed by atoms with E-state index in [1.165, 1.54) is 5.56 Å². The van der Waals surface area contributed by atoms with E-state index in [2.05, 4.69) is 49.3 Å². The predicted octanol–water partition coefficient (Wildman–Crippen LogP) is 3.24. The fraction of sp³-hybridized carbons (Fsp3) is 0.500. The number of benzene rings is 1. The zero-order valence-corrected chi connectivity index (χ0v) is 16.0. The molecule has 0 bridgehead atoms. The number of hydrogen-bond acceptors (Lipinski definition) is 3. The maximum absolute atomic E-state index is 12.2. The Kier molecular flexibility index (Phi) is 5.20. The monoisotopic (exact) mass is 356 g/mol. The lowest BCUT2D eigenvalue weighted by Gasteiger charge is -2.39. The molecule has 3 rings (SSSR count). The van der Waals surface area contributed by atoms with Crippen molar-refractivity contribution < 1.29 is 9.53 Å². The highest BCUT2D eigenvalue weighted by molar-refractivity contribution is 5.75. The first-order chi connectivity index (χ1) is 12.4. The number of nitrogens with one attached hydrogen (secondary N) is 2. The summed E-state index contributed by atoms with van der Waals surface area (Å²) in [4.78, 5) is 14.0. The third-order valence-electron chi connectivity index (χ3n) is 4.61. The van der Waals surface area contributed by atoms with Crippen LogP contribution in [0.5, 0.6) is 5.75 Å². The summed E-state index contributed by atoms with van der Waals surface area (Å²) in [6.07, 6.45) is 1.00. The van der Waals surface area contributed by atoms with Crippen molar-refractivity contribution in [2.45, 2.75) is 52.2 Å². The van der Waals surface area contributed by atoms with Gasteiger partial charge in [-0.25, -0.2) is 4.79 Å². The number of carbonyl (C=O) groups excluding carboxylic acids is 1. The number of aromatic amines is 1. The number of rotatable bonds is 5. The highest BCUT2D eigenvalue weighted by Gasteiger charge is 2.32. The molecule has 0 unspecified atom stereocenters. The van der Waals surface area contributed by atoms with Crippen molar-refractivity contribution in [1.29, 1.82) is 0 Å². The normalized spacial score (nSPS) is 14.8. The number of amides is 2. The minimum atomic E-state index is -0.0689. The van der Waals surface area contributed by atoms with Crippen molar-refractivity contribution in [3.8, 4) is 5.75 Å². The van der Waals surface area contributed by atoms with Gasteiger partial charge in [-0.2, -0.15) is 5.10 Å². The van der Waals surface area contributed by atoms with Gasteiger partial charge in [-0.3, -0.25) is 5.10 Å². The number of carbonyl (C=O) groups is 1. The number of para-hydroxylation sites is 1. The van der Waals surface area contributed by atoms with Gasteiger partial charge < -0.3 is 15.0 Å². The summed E-state index contributed by atoms with van der Waals surface area (Å²) in [7, 11) is 0. The van der Waals surface area contributed by atoms with Crippen molar-refractivity contribution in [3.63, 3.8) is 0 Å². The Morgan fingerprint density at radius 1 is 1.35 bits per heavy atom. The number of nitrogens with zero attached hydrogens (tertiary/aromatic N) is 2. The van der Waals surface area contributed by atoms with Crippen molar-refractivity contribution in [1.82, 2.24) is 20.4 Å². The largest absolute Gasteiger partial charge is 0.486 e. The Bertz CT molecular complexity index is 757. The SMILES string of the molecule is CCc1ccccc1OC1CN(C(=O)NCc2cc(C(C)(C)C)n[nH]2)C1. The molecule has 0 spiro atoms. The van der Waals surface area contributed by atoms with E-state index in [1.54, 1.807) is 4.90 Å². The maximum atomic E-state index is 12.2. The summed E-state index contributed by atoms with van der Waals surface area (Å²) in [5.74, 6) is 0.923. The molecule has 0 atom stereocenters. The highest BCUT2D eigenvalue weighted by Crippen LogP contribution is 2.23. The summed E-state index contributed by atoms with van der Waals surface area (Å²) >= 11 is 0. The van der Waals surface area contributed by atoms with E-state index in [0.29, 0.717) is 19.6 Å². The molecule has 2 heterocycles. The number of aromatic nitrogens is 2. The average Bonchev–Trinajstić information content (AvgIpc) is 3.05. The number of hydrogen-bond donors (Lipinski definition) is 2. The summed E-state index contributed by atoms with van der Waals surface area (Å²) in [6, 6.07) is 10.0. The minimum Gasteiger partial charge on any atom is -0.486 e. The van der Waals surface area contributed by atoms with Crippen LogP contribution in [0.15, 0.2) is 30.3 Å². The molecule has 1 saturated heterocycles. The molecule has 2 amide bonds. The molecule has 140 valence electrons. The smallest absolute Gasteiger partial charge is 0.317 e. The van der Waals surface area contributed by atoms with Crippen LogP contribution in [0.1, 0.15) is 44.6 Å². The molecule has 0 aliphatic carbocycles. The Morgan fingerprint density at radius 3 is 2.73 bits per heavy atom. The Morgan fingerprint density at radius 2 is 2.08 bits per heavy atom. The van der Waals surface area contributed by atoms with Gasteiger partial charge in [-0.1, -0.05) is 45.9 Å². The van der Waals surface area contributed by atoms with Gasteiger partial charge in [0.15, 0.2) is 0 Å². The third-order valence-corrected chi connectivity index (χ3v) is 4.61. The molecule has 6 nitrogen and oxygen atoms in total. The van der Waals surface area contributed by atoms with Crippen LogP contribution in [0.25, 0.3) is 0 Å². The zero-order valence-electron chi connectivity index (χ0n) is 16.0. The van der Waals surface area contributed by atoms with Crippen molar-refractivity contribution in [3.05, 3.63) is 47.3 Å². The fourth-order valence-corrected chi connectivity index (χ4v) is 2.89. The van der Waals surface area contributed by atoms with E-state index in [-0.39, 0.29) is 17.6 Å². The van der Waals surface area contributed by atoms with Crippen LogP contribution in [0, 0.1) is 0 Å². The highest BCUT2D eigenvalue weighted by atomic mass is 16.5. The Labute approximate surface area is 154 Å². The van der Waals surface area contributed by atoms with Gasteiger partial charge in [0.05, 0.1) is 31.0 Å². The van der Waals surface area contributed by atoms with Gasteiger partial charge in [-0.05, 0) is 24.1 Å². The number of H-pyrrole nitrogens is 1. The van der Waals surface area contributed by atoms with Crippen LogP contribution in [0.3, 0.4) is 0 Å². The molecule has 0 saturated carbocycles. The number of likely N-dealkylation sites (tertiary alicyclic amines) is 1. The van der Waals surface area contributed by atoms with E-state index in [1.807, 2.05) is 24.3 Å². The fourth-order valence-electron chi connectivity index (χ4n) is 2.89. The van der Waals surface area contributed by atoms with Gasteiger partial charge in [0.1, 0.15) is 11.9 Å². The molecular weight excluding hydrogens is 328 g/mol. The Hall–Kier alpha value is -2.50. The lowest BCUT2D eigenvalue weighted by atomic mass is 9.92. The molecule has 0 radical (unpaired) electrons. The van der Waals surface area contributed by atoms with Gasteiger partial charge in [0.25, 0.3) is 0 Å². The summed E-state index contributed by atoms with van der Waals surface area (Å²) in [6.45, 7) is 10.1. The summed E-state index contributed by atoms with van der Waals surface area (Å²) < 4.78 is 6.02. The standard InChI is InChI=1S/C20H28N4O2/c1-5-14-8-6-7-9-17(14)26-16-12-24(13-16)19(25)21-11-15-10-18(23-22-15)20(2,3)4/h6-10,16H,5,11-13H2,1-4H3,(H,21,25)(H,22,23). The predicted molar refractivity (Wildman–Crippen MR) is 101 cm³/mol. The quantitative estimate of drug-likeness (QED) is 0.864. The number of ether oxygens (including phenoxy) is 1. The molecule has 1 aliphatic heterocycles. The first-order valence-corrected chi connectivity index (χ1v) is 9.19. The lowest BCUT2D eigenvalue weighted by Crippen LogP contribution is -2.58. The van der Waals surface area contributed by atoms with Crippen LogP contribution in [0.4, 0.5) is 4.79 Å². The second-order valence-corrected chi connectivity index (χ2v) is 7.79. The van der Waals surface area contributed by atoms with Crippen LogP contribution in [-0.2, 0) is 18.4 Å². The van der Waals surface area contributed by atoms with E-state index < -0.39 is 0 Å². The van der Waals surface area contributed by atoms with Gasteiger partial charge >= 0.3 is 6.03 Å². The molecule has 1 fully saturated rings. The molecule has 1 aliphatic rings. The van der Waals surface area contributed by atoms with Gasteiger partial charge in [0.2, 0.25) is 0 Å². The van der Waals surface area contributed by atoms with Crippen LogP contribution < -0.4 is 10.1 Å². The average molecular weight is 356 g/mol. The van der Waals surface area contributed by atoms with Crippen molar-refractivity contribution >= 4 is 6.03 Å². The molecular formula is C20H28N4O2. The third kappa shape index (κ3) is 4.18. The molecule has 6 heteroatoms. The second-order valence-electron chi connectivity index (χ2n) is 7.79. The summed E-state index contributed by atoms with van der Waals surface area (Å²) in [5, 5.41) is 10.2. The van der Waals surface area contributed by atoms with Crippen molar-refractivity contribution in [2.75, 3.05) is 13.1 Å². The number of urea groups is 1. The van der Waals surface area contributed by atoms with Crippen molar-refractivity contribution in [2.24, 2.45) is 0 Å². The van der Waals surface area contributed by atoms with Crippen LogP contribution in [-0.4, -0.2) is 40.3 Å². The molecule has 1 aromatic carbocycles. The first kappa shape index (κ1) is 18.3. The van der Waals surface area contributed by atoms with E-state index in [4.69, 9.17) is 4.74 Å². The molecule has 1 aromatic heterocycles. The Balaban J connectivity index is 1.44. The summed E-state index contributed by atoms with van der Waals surface area (Å²) in [5.41, 5.74) is 3.10. The van der Waals surface area contributed by atoms with E-state index >= 15 is 0 Å². The zero-order chi connectivity index (χ0) is 18.7. The van der Waals surface area contributed by atoms with Gasteiger partial charge in [-0.15, -0.1) is 0 Å². The first-order valence-electron chi connectivity index (χ1n) is 9.19. The van der Waals surface area contributed by atoms with Crippen LogP contribution in [0.2, 0.25) is 0 Å². The molecule has 26 heavy (non-hydrogen) atoms. The molecule has 2 N–H and O–H groups in total. The van der Waals surface area contributed by atoms with E-state index in [9.17, 15) is 4.79 Å². The van der Waals surface area contributed by atoms with Gasteiger partial charge in [0, 0.05) is 5.41 Å². The van der Waals surface area contributed by atoms with E-state index in [0.717, 1.165) is 23.6 Å². The topological polar surface area (TPSA) is 70.2 Å². The lowest BCUT2D eigenvalue weighted by molar-refractivity contribution is 0.0437. The second kappa shape index (κ2) is 7.40. The molecule has 2 aromatic rings. The number of aryl methyl sites for hydroxylation is 1. The minimum absolute atomic E-state index is 0.00439. The van der Waals surface area contributed by atoms with Crippen LogP contribution >= 0.6 is 0 Å².